The van der Waals surface area contributed by atoms with Gasteiger partial charge >= 0.3 is 0 Å². The SMILES string of the molecule is CCOc1ccc([C@@H](C)NC(=O)CN(c2ccccc2Cl)S(=O)(=O)c2ccc(C)cc2)cc1. The molecular formula is C25H27ClN2O4S. The first-order valence-electron chi connectivity index (χ1n) is 10.6. The summed E-state index contributed by atoms with van der Waals surface area (Å²) in [7, 11) is -4.03. The number of carbonyl (C=O) groups excluding carboxylic acids is 1. The van der Waals surface area contributed by atoms with E-state index in [1.165, 1.54) is 12.1 Å². The average Bonchev–Trinajstić information content (AvgIpc) is 2.79. The quantitative estimate of drug-likeness (QED) is 0.455. The molecule has 1 amide bonds. The van der Waals surface area contributed by atoms with Crippen LogP contribution in [0, 0.1) is 6.92 Å². The average molecular weight is 487 g/mol. The Bertz CT molecular complexity index is 1200. The highest BCUT2D eigenvalue weighted by molar-refractivity contribution is 7.92. The Labute approximate surface area is 200 Å². The Morgan fingerprint density at radius 2 is 1.67 bits per heavy atom. The van der Waals surface area contributed by atoms with Crippen molar-refractivity contribution in [1.29, 1.82) is 0 Å². The molecule has 0 aliphatic heterocycles. The van der Waals surface area contributed by atoms with E-state index < -0.39 is 22.5 Å². The number of aryl methyl sites for hydroxylation is 1. The van der Waals surface area contributed by atoms with Crippen LogP contribution in [0.1, 0.15) is 31.0 Å². The van der Waals surface area contributed by atoms with E-state index in [4.69, 9.17) is 16.3 Å². The summed E-state index contributed by atoms with van der Waals surface area (Å²) in [5.74, 6) is 0.292. The van der Waals surface area contributed by atoms with Crippen LogP contribution >= 0.6 is 11.6 Å². The maximum atomic E-state index is 13.5. The van der Waals surface area contributed by atoms with Crippen LogP contribution in [0.2, 0.25) is 5.02 Å². The van der Waals surface area contributed by atoms with Crippen molar-refractivity contribution in [2.24, 2.45) is 0 Å². The largest absolute Gasteiger partial charge is 0.494 e. The lowest BCUT2D eigenvalue weighted by molar-refractivity contribution is -0.120. The fraction of sp³-hybridized carbons (Fsp3) is 0.240. The van der Waals surface area contributed by atoms with E-state index in [0.29, 0.717) is 6.61 Å². The molecule has 0 spiro atoms. The van der Waals surface area contributed by atoms with Crippen molar-refractivity contribution in [3.05, 3.63) is 88.9 Å². The summed E-state index contributed by atoms with van der Waals surface area (Å²) < 4.78 is 33.4. The zero-order valence-corrected chi connectivity index (χ0v) is 20.4. The Morgan fingerprint density at radius 3 is 2.27 bits per heavy atom. The van der Waals surface area contributed by atoms with Gasteiger partial charge in [-0.1, -0.05) is 53.6 Å². The van der Waals surface area contributed by atoms with Crippen molar-refractivity contribution in [3.8, 4) is 5.75 Å². The molecule has 3 rings (SSSR count). The van der Waals surface area contributed by atoms with Gasteiger partial charge in [0.15, 0.2) is 0 Å². The third kappa shape index (κ3) is 6.06. The van der Waals surface area contributed by atoms with Crippen molar-refractivity contribution in [1.82, 2.24) is 5.32 Å². The van der Waals surface area contributed by atoms with Gasteiger partial charge in [-0.25, -0.2) is 8.42 Å². The molecule has 8 heteroatoms. The third-order valence-corrected chi connectivity index (χ3v) is 7.18. The van der Waals surface area contributed by atoms with Crippen LogP contribution in [-0.4, -0.2) is 27.5 Å². The van der Waals surface area contributed by atoms with Crippen molar-refractivity contribution in [2.75, 3.05) is 17.5 Å². The predicted octanol–water partition coefficient (Wildman–Crippen LogP) is 5.12. The van der Waals surface area contributed by atoms with E-state index in [-0.39, 0.29) is 21.6 Å². The summed E-state index contributed by atoms with van der Waals surface area (Å²) >= 11 is 6.31. The highest BCUT2D eigenvalue weighted by Crippen LogP contribution is 2.30. The molecule has 0 saturated carbocycles. The minimum Gasteiger partial charge on any atom is -0.494 e. The summed E-state index contributed by atoms with van der Waals surface area (Å²) in [6.07, 6.45) is 0. The minimum atomic E-state index is -4.03. The minimum absolute atomic E-state index is 0.0837. The molecule has 0 aliphatic rings. The number of hydrogen-bond acceptors (Lipinski definition) is 4. The molecule has 1 atom stereocenters. The number of amides is 1. The maximum Gasteiger partial charge on any atom is 0.264 e. The van der Waals surface area contributed by atoms with Gasteiger partial charge in [0.05, 0.1) is 28.3 Å². The van der Waals surface area contributed by atoms with Crippen molar-refractivity contribution in [3.63, 3.8) is 0 Å². The van der Waals surface area contributed by atoms with Crippen molar-refractivity contribution < 1.29 is 17.9 Å². The lowest BCUT2D eigenvalue weighted by Crippen LogP contribution is -2.41. The smallest absolute Gasteiger partial charge is 0.264 e. The van der Waals surface area contributed by atoms with Crippen molar-refractivity contribution >= 4 is 33.2 Å². The number of halogens is 1. The zero-order chi connectivity index (χ0) is 24.0. The third-order valence-electron chi connectivity index (χ3n) is 5.09. The number of nitrogens with zero attached hydrogens (tertiary/aromatic N) is 1. The van der Waals surface area contributed by atoms with E-state index in [1.807, 2.05) is 45.0 Å². The zero-order valence-electron chi connectivity index (χ0n) is 18.8. The van der Waals surface area contributed by atoms with E-state index in [2.05, 4.69) is 5.32 Å². The van der Waals surface area contributed by atoms with E-state index in [0.717, 1.165) is 21.2 Å². The first kappa shape index (κ1) is 24.6. The lowest BCUT2D eigenvalue weighted by Gasteiger charge is -2.26. The van der Waals surface area contributed by atoms with Crippen LogP contribution in [0.5, 0.6) is 5.75 Å². The molecule has 0 radical (unpaired) electrons. The molecule has 3 aromatic rings. The second-order valence-electron chi connectivity index (χ2n) is 7.57. The van der Waals surface area contributed by atoms with Gasteiger partial charge < -0.3 is 10.1 Å². The fourth-order valence-electron chi connectivity index (χ4n) is 3.31. The second kappa shape index (κ2) is 10.7. The molecule has 174 valence electrons. The summed E-state index contributed by atoms with van der Waals surface area (Å²) in [6.45, 7) is 5.77. The van der Waals surface area contributed by atoms with Crippen LogP contribution < -0.4 is 14.4 Å². The van der Waals surface area contributed by atoms with Gasteiger partial charge in [-0.2, -0.15) is 0 Å². The van der Waals surface area contributed by atoms with E-state index in [1.54, 1.807) is 36.4 Å². The number of ether oxygens (including phenoxy) is 1. The molecule has 0 aromatic heterocycles. The van der Waals surface area contributed by atoms with E-state index in [9.17, 15) is 13.2 Å². The Kier molecular flexibility index (Phi) is 8.00. The van der Waals surface area contributed by atoms with E-state index >= 15 is 0 Å². The van der Waals surface area contributed by atoms with Crippen LogP contribution in [0.3, 0.4) is 0 Å². The monoisotopic (exact) mass is 486 g/mol. The Morgan fingerprint density at radius 1 is 1.03 bits per heavy atom. The number of para-hydroxylation sites is 1. The number of sulfonamides is 1. The molecule has 0 aliphatic carbocycles. The molecular weight excluding hydrogens is 460 g/mol. The fourth-order valence-corrected chi connectivity index (χ4v) is 5.04. The summed E-state index contributed by atoms with van der Waals surface area (Å²) in [6, 6.07) is 20.1. The predicted molar refractivity (Wildman–Crippen MR) is 131 cm³/mol. The normalized spacial score (nSPS) is 12.1. The first-order chi connectivity index (χ1) is 15.7. The molecule has 33 heavy (non-hydrogen) atoms. The highest BCUT2D eigenvalue weighted by atomic mass is 35.5. The van der Waals surface area contributed by atoms with Gasteiger partial charge in [-0.15, -0.1) is 0 Å². The Balaban J connectivity index is 1.85. The van der Waals surface area contributed by atoms with Crippen LogP contribution in [0.15, 0.2) is 77.7 Å². The van der Waals surface area contributed by atoms with Gasteiger partial charge in [-0.05, 0) is 62.7 Å². The second-order valence-corrected chi connectivity index (χ2v) is 9.84. The van der Waals surface area contributed by atoms with Gasteiger partial charge in [0.25, 0.3) is 10.0 Å². The standard InChI is InChI=1S/C25H27ClN2O4S/c1-4-32-21-13-11-20(12-14-21)19(3)27-25(29)17-28(24-8-6-5-7-23(24)26)33(30,31)22-15-9-18(2)10-16-22/h5-16,19H,4,17H2,1-3H3,(H,27,29)/t19-/m1/s1. The van der Waals surface area contributed by atoms with Crippen LogP contribution in [0.25, 0.3) is 0 Å². The summed E-state index contributed by atoms with van der Waals surface area (Å²) in [4.78, 5) is 13.0. The van der Waals surface area contributed by atoms with Gasteiger partial charge in [-0.3, -0.25) is 9.10 Å². The molecule has 0 unspecified atom stereocenters. The molecule has 0 fully saturated rings. The molecule has 0 heterocycles. The summed E-state index contributed by atoms with van der Waals surface area (Å²) in [5.41, 5.74) is 2.04. The van der Waals surface area contributed by atoms with Crippen LogP contribution in [-0.2, 0) is 14.8 Å². The van der Waals surface area contributed by atoms with Gasteiger partial charge in [0.1, 0.15) is 12.3 Å². The number of hydrogen-bond donors (Lipinski definition) is 1. The highest BCUT2D eigenvalue weighted by Gasteiger charge is 2.29. The molecule has 0 saturated heterocycles. The number of anilines is 1. The molecule has 3 aromatic carbocycles. The molecule has 0 bridgehead atoms. The molecule has 1 N–H and O–H groups in total. The lowest BCUT2D eigenvalue weighted by atomic mass is 10.1. The number of benzene rings is 3. The number of carbonyl (C=O) groups is 1. The van der Waals surface area contributed by atoms with Gasteiger partial charge in [0.2, 0.25) is 5.91 Å². The Hall–Kier alpha value is -3.03. The number of rotatable bonds is 9. The van der Waals surface area contributed by atoms with Crippen LogP contribution in [0.4, 0.5) is 5.69 Å². The topological polar surface area (TPSA) is 75.7 Å². The number of nitrogens with one attached hydrogen (secondary N) is 1. The summed E-state index contributed by atoms with van der Waals surface area (Å²) in [5, 5.41) is 3.11. The maximum absolute atomic E-state index is 13.5. The van der Waals surface area contributed by atoms with Crippen molar-refractivity contribution in [2.45, 2.75) is 31.7 Å². The van der Waals surface area contributed by atoms with Gasteiger partial charge in [0, 0.05) is 0 Å². The first-order valence-corrected chi connectivity index (χ1v) is 12.4. The molecule has 6 nitrogen and oxygen atoms in total.